The van der Waals surface area contributed by atoms with Crippen LogP contribution >= 0.6 is 0 Å². The molecular weight excluding hydrogens is 479 g/mol. The molecule has 0 saturated carbocycles. The molecule has 0 amide bonds. The summed E-state index contributed by atoms with van der Waals surface area (Å²) >= 11 is 0. The lowest BCUT2D eigenvalue weighted by atomic mass is 9.71. The smallest absolute Gasteiger partial charge is 0.172 e. The van der Waals surface area contributed by atoms with Crippen LogP contribution in [0.15, 0.2) is 65.5 Å². The third-order valence-corrected chi connectivity index (χ3v) is 7.79. The number of hydrogen-bond acceptors (Lipinski definition) is 5. The molecule has 0 bridgehead atoms. The molecule has 200 valence electrons. The highest BCUT2D eigenvalue weighted by Gasteiger charge is 2.42. The fourth-order valence-corrected chi connectivity index (χ4v) is 6.09. The second-order valence-electron chi connectivity index (χ2n) is 10.9. The quantitative estimate of drug-likeness (QED) is 0.432. The van der Waals surface area contributed by atoms with Crippen molar-refractivity contribution in [2.75, 3.05) is 20.2 Å². The Kier molecular flexibility index (Phi) is 6.97. The second kappa shape index (κ2) is 10.1. The molecule has 0 radical (unpaired) electrons. The highest BCUT2D eigenvalue weighted by Crippen LogP contribution is 2.52. The van der Waals surface area contributed by atoms with Crippen LogP contribution < -0.4 is 14.8 Å². The van der Waals surface area contributed by atoms with E-state index in [1.165, 1.54) is 11.6 Å². The lowest BCUT2D eigenvalue weighted by molar-refractivity contribution is 0.295. The van der Waals surface area contributed by atoms with Gasteiger partial charge in [-0.3, -0.25) is 4.90 Å². The molecule has 3 aliphatic rings. The molecule has 2 N–H and O–H groups in total. The number of nitrogens with one attached hydrogen (secondary N) is 1. The number of phenolic OH excluding ortho intramolecular Hbond substituents is 1. The van der Waals surface area contributed by atoms with Crippen molar-refractivity contribution in [2.24, 2.45) is 5.92 Å². The fraction of sp³-hybridized carbons (Fsp3) is 0.375. The molecule has 6 heteroatoms. The van der Waals surface area contributed by atoms with Crippen LogP contribution in [-0.2, 0) is 6.54 Å². The highest BCUT2D eigenvalue weighted by atomic mass is 19.1. The van der Waals surface area contributed by atoms with Crippen molar-refractivity contribution >= 4 is 11.6 Å². The molecule has 0 spiro atoms. The number of fused-ring (bicyclic) bond motifs is 4. The molecule has 2 aromatic carbocycles. The predicted octanol–water partition coefficient (Wildman–Crippen LogP) is 6.45. The number of nitrogens with zero attached hydrogens (tertiary/aromatic N) is 1. The van der Waals surface area contributed by atoms with Gasteiger partial charge >= 0.3 is 0 Å². The van der Waals surface area contributed by atoms with Gasteiger partial charge in [-0.15, -0.1) is 0 Å². The Hall–Kier alpha value is -3.35. The number of halogens is 1. The lowest BCUT2D eigenvalue weighted by Crippen LogP contribution is -2.52. The Morgan fingerprint density at radius 1 is 1.18 bits per heavy atom. The number of methoxy groups -OCH3 is 1. The first-order chi connectivity index (χ1) is 18.2. The van der Waals surface area contributed by atoms with E-state index in [-0.39, 0.29) is 29.1 Å². The van der Waals surface area contributed by atoms with Gasteiger partial charge in [0.2, 0.25) is 0 Å². The van der Waals surface area contributed by atoms with Crippen LogP contribution in [-0.4, -0.2) is 41.8 Å². The van der Waals surface area contributed by atoms with Gasteiger partial charge in [-0.25, -0.2) is 4.39 Å². The Morgan fingerprint density at radius 3 is 2.66 bits per heavy atom. The molecule has 1 aliphatic carbocycles. The normalized spacial score (nSPS) is 22.5. The number of ether oxygens (including phenoxy) is 2. The molecule has 0 fully saturated rings. The molecule has 5 nitrogen and oxygen atoms in total. The average Bonchev–Trinajstić information content (AvgIpc) is 2.87. The zero-order valence-electron chi connectivity index (χ0n) is 23.1. The molecule has 2 aliphatic heterocycles. The van der Waals surface area contributed by atoms with E-state index in [9.17, 15) is 9.50 Å². The van der Waals surface area contributed by atoms with Gasteiger partial charge in [0.15, 0.2) is 11.5 Å². The van der Waals surface area contributed by atoms with Gasteiger partial charge in [0.05, 0.1) is 12.7 Å². The summed E-state index contributed by atoms with van der Waals surface area (Å²) in [4.78, 5) is 2.27. The zero-order chi connectivity index (χ0) is 27.2. The summed E-state index contributed by atoms with van der Waals surface area (Å²) < 4.78 is 26.6. The molecule has 2 atom stereocenters. The number of aromatic hydroxyl groups is 1. The van der Waals surface area contributed by atoms with E-state index in [2.05, 4.69) is 63.1 Å². The fourth-order valence-electron chi connectivity index (χ4n) is 6.09. The molecular formula is C32H37FN2O3. The van der Waals surface area contributed by atoms with E-state index < -0.39 is 0 Å². The van der Waals surface area contributed by atoms with Crippen molar-refractivity contribution in [1.29, 1.82) is 0 Å². The maximum Gasteiger partial charge on any atom is 0.172 e. The van der Waals surface area contributed by atoms with Crippen LogP contribution in [0.25, 0.3) is 11.6 Å². The van der Waals surface area contributed by atoms with Crippen molar-refractivity contribution in [3.63, 3.8) is 0 Å². The minimum absolute atomic E-state index is 0.0289. The second-order valence-corrected chi connectivity index (χ2v) is 10.9. The molecule has 38 heavy (non-hydrogen) atoms. The molecule has 2 heterocycles. The van der Waals surface area contributed by atoms with Crippen LogP contribution in [0.5, 0.6) is 17.2 Å². The summed E-state index contributed by atoms with van der Waals surface area (Å²) in [5.41, 5.74) is 5.68. The molecule has 0 aromatic heterocycles. The van der Waals surface area contributed by atoms with E-state index in [0.29, 0.717) is 18.0 Å². The lowest BCUT2D eigenvalue weighted by Gasteiger charge is -2.44. The van der Waals surface area contributed by atoms with Crippen molar-refractivity contribution in [3.05, 3.63) is 88.0 Å². The van der Waals surface area contributed by atoms with Gasteiger partial charge in [-0.1, -0.05) is 43.7 Å². The van der Waals surface area contributed by atoms with Gasteiger partial charge in [-0.2, -0.15) is 0 Å². The van der Waals surface area contributed by atoms with Crippen molar-refractivity contribution < 1.29 is 19.0 Å². The van der Waals surface area contributed by atoms with Crippen molar-refractivity contribution in [1.82, 2.24) is 10.2 Å². The Balaban J connectivity index is 1.73. The van der Waals surface area contributed by atoms with E-state index in [1.807, 2.05) is 12.1 Å². The molecule has 5 rings (SSSR count). The van der Waals surface area contributed by atoms with Gasteiger partial charge in [0, 0.05) is 29.6 Å². The van der Waals surface area contributed by atoms with E-state index in [4.69, 9.17) is 9.47 Å². The molecule has 2 aromatic rings. The van der Waals surface area contributed by atoms with E-state index in [0.717, 1.165) is 46.7 Å². The Morgan fingerprint density at radius 2 is 1.95 bits per heavy atom. The average molecular weight is 517 g/mol. The van der Waals surface area contributed by atoms with Crippen molar-refractivity contribution in [2.45, 2.75) is 52.7 Å². The number of allylic oxidation sites excluding steroid dienone is 3. The van der Waals surface area contributed by atoms with Crippen molar-refractivity contribution in [3.8, 4) is 17.2 Å². The SMILES string of the molecule is CCN(CC)Cc1cc(F)ccc1/C=C1\Oc2ccc(O)c(OC)c2C2=C1C1C(C)=CC(C)(C)NC1C=C2. The van der Waals surface area contributed by atoms with E-state index >= 15 is 0 Å². The minimum atomic E-state index is -0.248. The predicted molar refractivity (Wildman–Crippen MR) is 151 cm³/mol. The van der Waals surface area contributed by atoms with Crippen LogP contribution in [0.1, 0.15) is 51.3 Å². The standard InChI is InChI=1S/C32H37FN2O3/c1-7-35(8-2)18-21-15-22(33)10-9-20(21)16-27-29-23(30-26(38-27)14-13-25(36)31(30)37-6)11-12-24-28(29)19(3)17-32(4,5)34-24/h9-17,24,28,34,36H,7-8,18H2,1-6H3/b27-16-. The number of phenols is 1. The summed E-state index contributed by atoms with van der Waals surface area (Å²) in [7, 11) is 1.56. The third kappa shape index (κ3) is 4.67. The summed E-state index contributed by atoms with van der Waals surface area (Å²) in [5.74, 6) is 1.59. The van der Waals surface area contributed by atoms with Gasteiger partial charge < -0.3 is 19.9 Å². The summed E-state index contributed by atoms with van der Waals surface area (Å²) in [6.07, 6.45) is 8.62. The van der Waals surface area contributed by atoms with Crippen LogP contribution in [0.2, 0.25) is 0 Å². The largest absolute Gasteiger partial charge is 0.504 e. The van der Waals surface area contributed by atoms with Gasteiger partial charge in [0.1, 0.15) is 17.3 Å². The van der Waals surface area contributed by atoms with Crippen LogP contribution in [0.3, 0.4) is 0 Å². The van der Waals surface area contributed by atoms with Crippen LogP contribution in [0.4, 0.5) is 4.39 Å². The zero-order valence-corrected chi connectivity index (χ0v) is 23.1. The first kappa shape index (κ1) is 26.3. The molecule has 0 saturated heterocycles. The Bertz CT molecular complexity index is 1380. The highest BCUT2D eigenvalue weighted by molar-refractivity contribution is 5.91. The number of benzene rings is 2. The summed E-state index contributed by atoms with van der Waals surface area (Å²) in [5, 5.41) is 14.3. The van der Waals surface area contributed by atoms with Gasteiger partial charge in [0.25, 0.3) is 0 Å². The maximum absolute atomic E-state index is 14.4. The third-order valence-electron chi connectivity index (χ3n) is 7.79. The number of hydrogen-bond donors (Lipinski definition) is 2. The first-order valence-corrected chi connectivity index (χ1v) is 13.4. The minimum Gasteiger partial charge on any atom is -0.504 e. The maximum atomic E-state index is 14.4. The summed E-state index contributed by atoms with van der Waals surface area (Å²) in [6.45, 7) is 13.2. The Labute approximate surface area is 225 Å². The molecule has 2 unspecified atom stereocenters. The topological polar surface area (TPSA) is 54.0 Å². The van der Waals surface area contributed by atoms with Crippen LogP contribution in [0, 0.1) is 11.7 Å². The van der Waals surface area contributed by atoms with E-state index in [1.54, 1.807) is 25.3 Å². The first-order valence-electron chi connectivity index (χ1n) is 13.4. The van der Waals surface area contributed by atoms with Gasteiger partial charge in [-0.05, 0) is 80.9 Å². The summed E-state index contributed by atoms with van der Waals surface area (Å²) in [6, 6.07) is 8.40. The number of rotatable bonds is 6. The monoisotopic (exact) mass is 516 g/mol.